The Labute approximate surface area is 96.3 Å². The van der Waals surface area contributed by atoms with Crippen LogP contribution in [0.5, 0.6) is 0 Å². The molecule has 0 aliphatic carbocycles. The molecule has 5 nitrogen and oxygen atoms in total. The number of carbonyl (C=O) groups is 1. The number of rotatable bonds is 5. The normalized spacial score (nSPS) is 10.5. The second-order valence-electron chi connectivity index (χ2n) is 3.32. The Bertz CT molecular complexity index is 464. The van der Waals surface area contributed by atoms with Crippen molar-refractivity contribution >= 4 is 17.3 Å². The summed E-state index contributed by atoms with van der Waals surface area (Å²) in [7, 11) is 0. The van der Waals surface area contributed by atoms with E-state index in [1.54, 1.807) is 22.2 Å². The van der Waals surface area contributed by atoms with E-state index in [-0.39, 0.29) is 6.42 Å². The van der Waals surface area contributed by atoms with Gasteiger partial charge in [0.2, 0.25) is 0 Å². The smallest absolute Gasteiger partial charge is 0.303 e. The van der Waals surface area contributed by atoms with Gasteiger partial charge in [0.25, 0.3) is 0 Å². The molecule has 0 aliphatic heterocycles. The minimum absolute atomic E-state index is 0.156. The maximum atomic E-state index is 10.4. The highest BCUT2D eigenvalue weighted by molar-refractivity contribution is 7.13. The Balaban J connectivity index is 2.05. The lowest BCUT2D eigenvalue weighted by Gasteiger charge is -2.02. The lowest BCUT2D eigenvalue weighted by Crippen LogP contribution is -2.04. The van der Waals surface area contributed by atoms with Gasteiger partial charge in [0.05, 0.1) is 16.8 Å². The van der Waals surface area contributed by atoms with Crippen molar-refractivity contribution in [1.82, 2.24) is 15.0 Å². The van der Waals surface area contributed by atoms with Gasteiger partial charge in [-0.25, -0.2) is 4.68 Å². The van der Waals surface area contributed by atoms with Crippen LogP contribution in [-0.4, -0.2) is 26.1 Å². The van der Waals surface area contributed by atoms with Gasteiger partial charge in [0, 0.05) is 13.0 Å². The third kappa shape index (κ3) is 2.46. The van der Waals surface area contributed by atoms with Gasteiger partial charge in [-0.15, -0.1) is 16.4 Å². The van der Waals surface area contributed by atoms with Crippen LogP contribution in [0.1, 0.15) is 12.8 Å². The van der Waals surface area contributed by atoms with Crippen molar-refractivity contribution in [2.24, 2.45) is 0 Å². The van der Waals surface area contributed by atoms with E-state index in [0.717, 1.165) is 10.6 Å². The predicted octanol–water partition coefficient (Wildman–Crippen LogP) is 1.87. The number of aliphatic carboxylic acids is 1. The lowest BCUT2D eigenvalue weighted by molar-refractivity contribution is -0.137. The minimum Gasteiger partial charge on any atom is -0.481 e. The van der Waals surface area contributed by atoms with Crippen molar-refractivity contribution in [2.45, 2.75) is 19.4 Å². The topological polar surface area (TPSA) is 68.0 Å². The Morgan fingerprint density at radius 3 is 3.12 bits per heavy atom. The first-order chi connectivity index (χ1) is 7.77. The van der Waals surface area contributed by atoms with E-state index in [9.17, 15) is 4.79 Å². The fourth-order valence-electron chi connectivity index (χ4n) is 1.42. The quantitative estimate of drug-likeness (QED) is 0.862. The number of aryl methyl sites for hydroxylation is 1. The Morgan fingerprint density at radius 1 is 1.56 bits per heavy atom. The molecule has 0 aromatic carbocycles. The SMILES string of the molecule is O=C(O)CCCn1nncc1-c1cccs1. The average molecular weight is 237 g/mol. The minimum atomic E-state index is -0.780. The van der Waals surface area contributed by atoms with Gasteiger partial charge in [-0.1, -0.05) is 11.3 Å². The number of aromatic nitrogens is 3. The molecule has 16 heavy (non-hydrogen) atoms. The molecule has 2 aromatic heterocycles. The van der Waals surface area contributed by atoms with Gasteiger partial charge >= 0.3 is 5.97 Å². The highest BCUT2D eigenvalue weighted by Crippen LogP contribution is 2.23. The largest absolute Gasteiger partial charge is 0.481 e. The molecule has 0 amide bonds. The summed E-state index contributed by atoms with van der Waals surface area (Å²) in [4.78, 5) is 11.5. The van der Waals surface area contributed by atoms with Crippen molar-refractivity contribution in [3.05, 3.63) is 23.7 Å². The van der Waals surface area contributed by atoms with Crippen LogP contribution in [0, 0.1) is 0 Å². The zero-order valence-corrected chi connectivity index (χ0v) is 9.35. The van der Waals surface area contributed by atoms with Crippen LogP contribution in [0.2, 0.25) is 0 Å². The van der Waals surface area contributed by atoms with Crippen LogP contribution >= 0.6 is 11.3 Å². The van der Waals surface area contributed by atoms with Crippen LogP contribution in [0.3, 0.4) is 0 Å². The maximum absolute atomic E-state index is 10.4. The van der Waals surface area contributed by atoms with Crippen LogP contribution in [-0.2, 0) is 11.3 Å². The van der Waals surface area contributed by atoms with E-state index in [1.807, 2.05) is 17.5 Å². The number of carboxylic acid groups (broad SMARTS) is 1. The van der Waals surface area contributed by atoms with E-state index in [2.05, 4.69) is 10.3 Å². The monoisotopic (exact) mass is 237 g/mol. The number of hydrogen-bond acceptors (Lipinski definition) is 4. The summed E-state index contributed by atoms with van der Waals surface area (Å²) in [6.07, 6.45) is 2.42. The second-order valence-corrected chi connectivity index (χ2v) is 4.26. The van der Waals surface area contributed by atoms with Crippen LogP contribution in [0.4, 0.5) is 0 Å². The van der Waals surface area contributed by atoms with Crippen molar-refractivity contribution in [1.29, 1.82) is 0 Å². The molecule has 2 heterocycles. The maximum Gasteiger partial charge on any atom is 0.303 e. The van der Waals surface area contributed by atoms with E-state index in [4.69, 9.17) is 5.11 Å². The number of nitrogens with zero attached hydrogens (tertiary/aromatic N) is 3. The second kappa shape index (κ2) is 4.89. The first kappa shape index (κ1) is 10.8. The third-order valence-corrected chi connectivity index (χ3v) is 3.04. The van der Waals surface area contributed by atoms with Gasteiger partial charge in [-0.05, 0) is 17.9 Å². The van der Waals surface area contributed by atoms with Gasteiger partial charge in [-0.2, -0.15) is 0 Å². The Kier molecular flexibility index (Phi) is 3.31. The molecule has 1 N–H and O–H groups in total. The molecule has 0 atom stereocenters. The molecule has 0 fully saturated rings. The molecule has 0 radical (unpaired) electrons. The van der Waals surface area contributed by atoms with Crippen LogP contribution < -0.4 is 0 Å². The molecule has 84 valence electrons. The van der Waals surface area contributed by atoms with Crippen molar-refractivity contribution in [3.8, 4) is 10.6 Å². The van der Waals surface area contributed by atoms with Crippen LogP contribution in [0.25, 0.3) is 10.6 Å². The molecule has 2 rings (SSSR count). The molecule has 0 saturated carbocycles. The molecular formula is C10H11N3O2S. The zero-order valence-electron chi connectivity index (χ0n) is 8.54. The molecule has 0 aliphatic rings. The van der Waals surface area contributed by atoms with Gasteiger partial charge < -0.3 is 5.11 Å². The fourth-order valence-corrected chi connectivity index (χ4v) is 2.16. The Morgan fingerprint density at radius 2 is 2.44 bits per heavy atom. The third-order valence-electron chi connectivity index (χ3n) is 2.15. The summed E-state index contributed by atoms with van der Waals surface area (Å²) in [5.74, 6) is -0.780. The molecule has 0 unspecified atom stereocenters. The van der Waals surface area contributed by atoms with Gasteiger partial charge in [-0.3, -0.25) is 4.79 Å². The first-order valence-corrected chi connectivity index (χ1v) is 5.79. The van der Waals surface area contributed by atoms with Crippen molar-refractivity contribution < 1.29 is 9.90 Å². The van der Waals surface area contributed by atoms with Crippen molar-refractivity contribution in [3.63, 3.8) is 0 Å². The standard InChI is InChI=1S/C10H11N3O2S/c14-10(15)4-1-5-13-8(7-11-12-13)9-3-2-6-16-9/h2-3,6-7H,1,4-5H2,(H,14,15). The first-order valence-electron chi connectivity index (χ1n) is 4.91. The molecule has 0 bridgehead atoms. The molecule has 0 saturated heterocycles. The highest BCUT2D eigenvalue weighted by Gasteiger charge is 2.07. The van der Waals surface area contributed by atoms with Gasteiger partial charge in [0.1, 0.15) is 0 Å². The summed E-state index contributed by atoms with van der Waals surface area (Å²) in [6, 6.07) is 3.96. The van der Waals surface area contributed by atoms with Crippen LogP contribution in [0.15, 0.2) is 23.7 Å². The average Bonchev–Trinajstić information content (AvgIpc) is 2.84. The lowest BCUT2D eigenvalue weighted by atomic mass is 10.3. The number of hydrogen-bond donors (Lipinski definition) is 1. The predicted molar refractivity (Wildman–Crippen MR) is 60.2 cm³/mol. The molecule has 6 heteroatoms. The summed E-state index contributed by atoms with van der Waals surface area (Å²) < 4.78 is 1.74. The fraction of sp³-hybridized carbons (Fsp3) is 0.300. The molecule has 2 aromatic rings. The van der Waals surface area contributed by atoms with Gasteiger partial charge in [0.15, 0.2) is 0 Å². The van der Waals surface area contributed by atoms with E-state index in [0.29, 0.717) is 13.0 Å². The summed E-state index contributed by atoms with van der Waals surface area (Å²) in [5.41, 5.74) is 0.945. The number of carboxylic acids is 1. The summed E-state index contributed by atoms with van der Waals surface area (Å²) in [5, 5.41) is 18.3. The summed E-state index contributed by atoms with van der Waals surface area (Å²) in [6.45, 7) is 0.583. The molecule has 0 spiro atoms. The summed E-state index contributed by atoms with van der Waals surface area (Å²) >= 11 is 1.62. The van der Waals surface area contributed by atoms with E-state index in [1.165, 1.54) is 0 Å². The number of thiophene rings is 1. The van der Waals surface area contributed by atoms with E-state index >= 15 is 0 Å². The Hall–Kier alpha value is -1.69. The van der Waals surface area contributed by atoms with Crippen molar-refractivity contribution in [2.75, 3.05) is 0 Å². The zero-order chi connectivity index (χ0) is 11.4. The molecular weight excluding hydrogens is 226 g/mol. The van der Waals surface area contributed by atoms with E-state index < -0.39 is 5.97 Å². The highest BCUT2D eigenvalue weighted by atomic mass is 32.1.